The largest absolute Gasteiger partial charge is 0.444 e. The zero-order valence-corrected chi connectivity index (χ0v) is 19.6. The quantitative estimate of drug-likeness (QED) is 0.333. The maximum atomic E-state index is 13.0. The molecule has 166 valence electrons. The number of hydrogen-bond donors (Lipinski definition) is 0. The summed E-state index contributed by atoms with van der Waals surface area (Å²) in [6.07, 6.45) is 1.39. The second kappa shape index (κ2) is 7.35. The highest BCUT2D eigenvalue weighted by Gasteiger charge is 2.45. The van der Waals surface area contributed by atoms with E-state index >= 15 is 0 Å². The fourth-order valence-electron chi connectivity index (χ4n) is 5.11. The van der Waals surface area contributed by atoms with Crippen molar-refractivity contribution < 1.29 is 14.3 Å². The van der Waals surface area contributed by atoms with Crippen LogP contribution in [0.15, 0.2) is 54.6 Å². The predicted molar refractivity (Wildman–Crippen MR) is 130 cm³/mol. The van der Waals surface area contributed by atoms with Crippen molar-refractivity contribution in [3.05, 3.63) is 60.2 Å². The van der Waals surface area contributed by atoms with Gasteiger partial charge < -0.3 is 9.47 Å². The average Bonchev–Trinajstić information content (AvgIpc) is 3.04. The molecule has 1 aliphatic heterocycles. The molecule has 0 bridgehead atoms. The van der Waals surface area contributed by atoms with Crippen LogP contribution in [0.3, 0.4) is 0 Å². The van der Waals surface area contributed by atoms with Gasteiger partial charge in [0.15, 0.2) is 0 Å². The van der Waals surface area contributed by atoms with Crippen LogP contribution in [-0.4, -0.2) is 35.0 Å². The van der Waals surface area contributed by atoms with E-state index in [0.717, 1.165) is 12.8 Å². The van der Waals surface area contributed by atoms with Gasteiger partial charge in [-0.1, -0.05) is 54.6 Å². The lowest BCUT2D eigenvalue weighted by molar-refractivity contribution is -0.0626. The first-order chi connectivity index (χ1) is 15.1. The highest BCUT2D eigenvalue weighted by molar-refractivity contribution is 6.23. The molecule has 4 aromatic rings. The average molecular weight is 430 g/mol. The van der Waals surface area contributed by atoms with Crippen LogP contribution in [0.5, 0.6) is 0 Å². The Morgan fingerprint density at radius 2 is 1.62 bits per heavy atom. The third-order valence-corrected chi connectivity index (χ3v) is 6.53. The van der Waals surface area contributed by atoms with Crippen molar-refractivity contribution in [2.24, 2.45) is 0 Å². The molecule has 1 atom stereocenters. The molecule has 0 N–H and O–H groups in total. The number of aryl methyl sites for hydroxylation is 1. The number of carbonyl (C=O) groups excluding carboxylic acids is 1. The molecule has 1 aliphatic rings. The molecule has 0 aromatic heterocycles. The summed E-state index contributed by atoms with van der Waals surface area (Å²) >= 11 is 0. The summed E-state index contributed by atoms with van der Waals surface area (Å²) < 4.78 is 11.7. The van der Waals surface area contributed by atoms with Crippen LogP contribution in [0.4, 0.5) is 4.79 Å². The fraction of sp³-hybridized carbons (Fsp3) is 0.393. The van der Waals surface area contributed by atoms with E-state index in [-0.39, 0.29) is 12.1 Å². The Bertz CT molecular complexity index is 1290. The van der Waals surface area contributed by atoms with Gasteiger partial charge in [-0.05, 0) is 85.3 Å². The van der Waals surface area contributed by atoms with Gasteiger partial charge in [-0.25, -0.2) is 4.79 Å². The Labute approximate surface area is 189 Å². The third-order valence-electron chi connectivity index (χ3n) is 6.53. The van der Waals surface area contributed by atoms with E-state index in [0.29, 0.717) is 6.61 Å². The SMILES string of the molecule is CC(C)(C)OC(=O)N1[C@@H](CCc2ccc3ccc4cccc5ccc2c3c45)COC1(C)C. The van der Waals surface area contributed by atoms with Crippen LogP contribution in [0.1, 0.15) is 46.6 Å². The number of nitrogens with zero attached hydrogens (tertiary/aromatic N) is 1. The van der Waals surface area contributed by atoms with Crippen molar-refractivity contribution in [3.63, 3.8) is 0 Å². The molecule has 0 spiro atoms. The number of benzene rings is 4. The van der Waals surface area contributed by atoms with E-state index in [2.05, 4.69) is 54.6 Å². The molecule has 0 radical (unpaired) electrons. The summed E-state index contributed by atoms with van der Waals surface area (Å²) in [6, 6.07) is 19.8. The smallest absolute Gasteiger partial charge is 0.412 e. The van der Waals surface area contributed by atoms with Crippen molar-refractivity contribution in [2.75, 3.05) is 6.61 Å². The van der Waals surface area contributed by atoms with Gasteiger partial charge in [0.25, 0.3) is 0 Å². The van der Waals surface area contributed by atoms with Crippen molar-refractivity contribution in [1.82, 2.24) is 4.90 Å². The first-order valence-corrected chi connectivity index (χ1v) is 11.5. The topological polar surface area (TPSA) is 38.8 Å². The summed E-state index contributed by atoms with van der Waals surface area (Å²) in [4.78, 5) is 14.7. The molecule has 1 amide bonds. The Morgan fingerprint density at radius 1 is 1.00 bits per heavy atom. The summed E-state index contributed by atoms with van der Waals surface area (Å²) in [5.41, 5.74) is 0.104. The minimum absolute atomic E-state index is 0.0154. The number of ether oxygens (including phenoxy) is 2. The molecular formula is C28H31NO3. The van der Waals surface area contributed by atoms with Gasteiger partial charge in [0.05, 0.1) is 12.6 Å². The highest BCUT2D eigenvalue weighted by atomic mass is 16.6. The number of amides is 1. The van der Waals surface area contributed by atoms with Crippen LogP contribution in [0, 0.1) is 0 Å². The molecule has 1 fully saturated rings. The lowest BCUT2D eigenvalue weighted by Gasteiger charge is -2.35. The summed E-state index contributed by atoms with van der Waals surface area (Å²) in [6.45, 7) is 10.1. The maximum Gasteiger partial charge on any atom is 0.412 e. The molecule has 1 heterocycles. The van der Waals surface area contributed by atoms with Crippen molar-refractivity contribution in [3.8, 4) is 0 Å². The Kier molecular flexibility index (Phi) is 4.82. The summed E-state index contributed by atoms with van der Waals surface area (Å²) in [7, 11) is 0. The Hall–Kier alpha value is -2.85. The second-order valence-electron chi connectivity index (χ2n) is 10.4. The summed E-state index contributed by atoms with van der Waals surface area (Å²) in [5, 5.41) is 7.80. The normalized spacial score (nSPS) is 18.8. The van der Waals surface area contributed by atoms with E-state index < -0.39 is 11.3 Å². The van der Waals surface area contributed by atoms with Gasteiger partial charge in [0, 0.05) is 0 Å². The van der Waals surface area contributed by atoms with E-state index in [4.69, 9.17) is 9.47 Å². The predicted octanol–water partition coefficient (Wildman–Crippen LogP) is 6.89. The van der Waals surface area contributed by atoms with Crippen LogP contribution < -0.4 is 0 Å². The Balaban J connectivity index is 1.46. The van der Waals surface area contributed by atoms with Gasteiger partial charge in [0.2, 0.25) is 0 Å². The first-order valence-electron chi connectivity index (χ1n) is 11.5. The molecule has 32 heavy (non-hydrogen) atoms. The molecule has 1 saturated heterocycles. The minimum atomic E-state index is -0.671. The van der Waals surface area contributed by atoms with Crippen LogP contribution >= 0.6 is 0 Å². The molecule has 4 nitrogen and oxygen atoms in total. The molecule has 4 aromatic carbocycles. The number of rotatable bonds is 3. The van der Waals surface area contributed by atoms with Gasteiger partial charge in [-0.2, -0.15) is 0 Å². The zero-order chi connectivity index (χ0) is 22.7. The number of carbonyl (C=O) groups is 1. The van der Waals surface area contributed by atoms with Gasteiger partial charge in [-0.15, -0.1) is 0 Å². The first kappa shape index (κ1) is 21.0. The maximum absolute atomic E-state index is 13.0. The molecule has 5 rings (SSSR count). The highest BCUT2D eigenvalue weighted by Crippen LogP contribution is 2.37. The van der Waals surface area contributed by atoms with Crippen molar-refractivity contribution in [1.29, 1.82) is 0 Å². The second-order valence-corrected chi connectivity index (χ2v) is 10.4. The standard InChI is InChI=1S/C28H31NO3/c1-27(2,3)32-26(30)29-22(17-31-28(29,4)5)15-13-18-9-10-21-12-11-19-7-6-8-20-14-16-23(18)25(21)24(19)20/h6-12,14,16,22H,13,15,17H2,1-5H3/t22-/m0/s1. The van der Waals surface area contributed by atoms with Crippen LogP contribution in [0.2, 0.25) is 0 Å². The number of hydrogen-bond acceptors (Lipinski definition) is 3. The zero-order valence-electron chi connectivity index (χ0n) is 19.6. The van der Waals surface area contributed by atoms with E-state index in [1.807, 2.05) is 34.6 Å². The molecule has 4 heteroatoms. The van der Waals surface area contributed by atoms with Crippen molar-refractivity contribution >= 4 is 38.4 Å². The lowest BCUT2D eigenvalue weighted by atomic mass is 9.90. The van der Waals surface area contributed by atoms with E-state index in [9.17, 15) is 4.79 Å². The van der Waals surface area contributed by atoms with Gasteiger partial charge in [-0.3, -0.25) is 4.90 Å². The minimum Gasteiger partial charge on any atom is -0.444 e. The van der Waals surface area contributed by atoms with Crippen LogP contribution in [-0.2, 0) is 15.9 Å². The Morgan fingerprint density at radius 3 is 2.31 bits per heavy atom. The molecular weight excluding hydrogens is 398 g/mol. The third kappa shape index (κ3) is 3.57. The van der Waals surface area contributed by atoms with Crippen LogP contribution in [0.25, 0.3) is 32.3 Å². The summed E-state index contributed by atoms with van der Waals surface area (Å²) in [5.74, 6) is 0. The van der Waals surface area contributed by atoms with Gasteiger partial charge >= 0.3 is 6.09 Å². The molecule has 0 aliphatic carbocycles. The lowest BCUT2D eigenvalue weighted by Crippen LogP contribution is -2.49. The molecule has 0 unspecified atom stereocenters. The van der Waals surface area contributed by atoms with Gasteiger partial charge in [0.1, 0.15) is 11.3 Å². The molecule has 0 saturated carbocycles. The monoisotopic (exact) mass is 429 g/mol. The van der Waals surface area contributed by atoms with Crippen molar-refractivity contribution in [2.45, 2.75) is 64.8 Å². The van der Waals surface area contributed by atoms with E-state index in [1.165, 1.54) is 37.9 Å². The fourth-order valence-corrected chi connectivity index (χ4v) is 5.11. The van der Waals surface area contributed by atoms with E-state index in [1.54, 1.807) is 4.90 Å².